The van der Waals surface area contributed by atoms with Crippen LogP contribution in [0, 0.1) is 6.92 Å². The van der Waals surface area contributed by atoms with Gasteiger partial charge in [-0.15, -0.1) is 0 Å². The van der Waals surface area contributed by atoms with Gasteiger partial charge < -0.3 is 14.7 Å². The number of nitrogens with two attached hydrogens (primary N) is 1. The van der Waals surface area contributed by atoms with Crippen LogP contribution < -0.4 is 5.73 Å². The normalized spacial score (nSPS) is 19.4. The van der Waals surface area contributed by atoms with E-state index in [1.54, 1.807) is 6.26 Å². The summed E-state index contributed by atoms with van der Waals surface area (Å²) in [6.45, 7) is 1.83. The summed E-state index contributed by atoms with van der Waals surface area (Å²) >= 11 is 0. The Hall–Kier alpha value is -1.88. The van der Waals surface area contributed by atoms with Crippen LogP contribution in [0.4, 0.5) is 0 Å². The summed E-state index contributed by atoms with van der Waals surface area (Å²) in [6.07, 6.45) is 4.08. The Kier molecular flexibility index (Phi) is 2.16. The molecule has 2 heterocycles. The molecule has 1 unspecified atom stereocenters. The number of rotatable bonds is 1. The third-order valence-electron chi connectivity index (χ3n) is 3.08. The zero-order valence-electron chi connectivity index (χ0n) is 9.40. The summed E-state index contributed by atoms with van der Waals surface area (Å²) in [5, 5.41) is 3.81. The van der Waals surface area contributed by atoms with E-state index in [1.807, 2.05) is 6.92 Å². The van der Waals surface area contributed by atoms with Crippen LogP contribution in [0.15, 0.2) is 21.5 Å². The second-order valence-corrected chi connectivity index (χ2v) is 4.35. The molecule has 1 aliphatic rings. The standard InChI is InChI=1S/C12H12N2O3/c1-6-8(5-17-14-6)9-4-16-11-3-7(13)2-10(15)12(9)11/h4-5,7H,2-3,13H2,1H3. The fourth-order valence-corrected chi connectivity index (χ4v) is 2.25. The minimum atomic E-state index is -0.141. The van der Waals surface area contributed by atoms with Crippen molar-refractivity contribution in [2.45, 2.75) is 25.8 Å². The molecule has 0 aliphatic heterocycles. The third kappa shape index (κ3) is 1.51. The van der Waals surface area contributed by atoms with E-state index >= 15 is 0 Å². The number of ketones is 1. The molecule has 0 amide bonds. The van der Waals surface area contributed by atoms with Gasteiger partial charge in [0.15, 0.2) is 5.78 Å². The van der Waals surface area contributed by atoms with Crippen molar-refractivity contribution in [3.05, 3.63) is 29.5 Å². The Labute approximate surface area is 97.6 Å². The first-order chi connectivity index (χ1) is 8.16. The Morgan fingerprint density at radius 3 is 2.88 bits per heavy atom. The molecule has 5 heteroatoms. The van der Waals surface area contributed by atoms with Gasteiger partial charge in [-0.1, -0.05) is 5.16 Å². The molecule has 88 valence electrons. The predicted molar refractivity (Wildman–Crippen MR) is 59.6 cm³/mol. The Morgan fingerprint density at radius 1 is 1.35 bits per heavy atom. The minimum Gasteiger partial charge on any atom is -0.468 e. The smallest absolute Gasteiger partial charge is 0.168 e. The lowest BCUT2D eigenvalue weighted by Gasteiger charge is -2.16. The monoisotopic (exact) mass is 232 g/mol. The SMILES string of the molecule is Cc1nocc1-c1coc2c1C(=O)CC(N)C2. The van der Waals surface area contributed by atoms with E-state index in [-0.39, 0.29) is 11.8 Å². The maximum absolute atomic E-state index is 12.0. The number of carbonyl (C=O) groups excluding carboxylic acids is 1. The molecule has 0 spiro atoms. The van der Waals surface area contributed by atoms with Gasteiger partial charge in [-0.3, -0.25) is 4.79 Å². The molecule has 1 atom stereocenters. The first-order valence-electron chi connectivity index (χ1n) is 5.47. The lowest BCUT2D eigenvalue weighted by Crippen LogP contribution is -2.31. The summed E-state index contributed by atoms with van der Waals surface area (Å²) in [5.41, 5.74) is 8.73. The number of Topliss-reactive ketones (excluding diaryl/α,β-unsaturated/α-hetero) is 1. The molecular formula is C12H12N2O3. The number of hydrogen-bond acceptors (Lipinski definition) is 5. The van der Waals surface area contributed by atoms with Crippen LogP contribution in [0.2, 0.25) is 0 Å². The molecule has 0 fully saturated rings. The zero-order valence-corrected chi connectivity index (χ0v) is 9.40. The topological polar surface area (TPSA) is 82.3 Å². The second-order valence-electron chi connectivity index (χ2n) is 4.35. The van der Waals surface area contributed by atoms with Crippen LogP contribution in [0.5, 0.6) is 0 Å². The molecule has 0 bridgehead atoms. The lowest BCUT2D eigenvalue weighted by atomic mass is 9.89. The van der Waals surface area contributed by atoms with Crippen molar-refractivity contribution >= 4 is 5.78 Å². The van der Waals surface area contributed by atoms with E-state index in [0.29, 0.717) is 24.2 Å². The molecule has 2 aromatic rings. The quantitative estimate of drug-likeness (QED) is 0.809. The van der Waals surface area contributed by atoms with Crippen LogP contribution in [-0.2, 0) is 6.42 Å². The molecule has 0 aromatic carbocycles. The number of hydrogen-bond donors (Lipinski definition) is 1. The first kappa shape index (κ1) is 10.3. The lowest BCUT2D eigenvalue weighted by molar-refractivity contribution is 0.0962. The Balaban J connectivity index is 2.16. The summed E-state index contributed by atoms with van der Waals surface area (Å²) in [5.74, 6) is 0.701. The molecule has 0 radical (unpaired) electrons. The third-order valence-corrected chi connectivity index (χ3v) is 3.08. The van der Waals surface area contributed by atoms with Crippen molar-refractivity contribution in [2.75, 3.05) is 0 Å². The fourth-order valence-electron chi connectivity index (χ4n) is 2.25. The average molecular weight is 232 g/mol. The molecule has 0 saturated heterocycles. The number of nitrogens with zero attached hydrogens (tertiary/aromatic N) is 1. The van der Waals surface area contributed by atoms with Crippen molar-refractivity contribution in [1.82, 2.24) is 5.16 Å². The molecule has 1 aliphatic carbocycles. The van der Waals surface area contributed by atoms with E-state index in [1.165, 1.54) is 6.26 Å². The highest BCUT2D eigenvalue weighted by Crippen LogP contribution is 2.34. The van der Waals surface area contributed by atoms with E-state index in [9.17, 15) is 4.79 Å². The summed E-state index contributed by atoms with van der Waals surface area (Å²) < 4.78 is 10.3. The number of aryl methyl sites for hydroxylation is 1. The predicted octanol–water partition coefficient (Wildman–Crippen LogP) is 1.70. The van der Waals surface area contributed by atoms with E-state index in [0.717, 1.165) is 16.8 Å². The van der Waals surface area contributed by atoms with Crippen LogP contribution in [-0.4, -0.2) is 17.0 Å². The average Bonchev–Trinajstić information content (AvgIpc) is 2.83. The fraction of sp³-hybridized carbons (Fsp3) is 0.333. The summed E-state index contributed by atoms with van der Waals surface area (Å²) in [6, 6.07) is -0.141. The molecule has 0 saturated carbocycles. The van der Waals surface area contributed by atoms with Crippen LogP contribution >= 0.6 is 0 Å². The summed E-state index contributed by atoms with van der Waals surface area (Å²) in [7, 11) is 0. The molecule has 3 rings (SSSR count). The van der Waals surface area contributed by atoms with E-state index in [4.69, 9.17) is 14.7 Å². The van der Waals surface area contributed by atoms with E-state index in [2.05, 4.69) is 5.16 Å². The number of carbonyl (C=O) groups is 1. The van der Waals surface area contributed by atoms with Crippen molar-refractivity contribution in [3.8, 4) is 11.1 Å². The molecule has 5 nitrogen and oxygen atoms in total. The maximum Gasteiger partial charge on any atom is 0.168 e. The molecule has 17 heavy (non-hydrogen) atoms. The van der Waals surface area contributed by atoms with Gasteiger partial charge in [-0.05, 0) is 6.92 Å². The van der Waals surface area contributed by atoms with Gasteiger partial charge in [0, 0.05) is 30.0 Å². The summed E-state index contributed by atoms with van der Waals surface area (Å²) in [4.78, 5) is 12.0. The second kappa shape index (κ2) is 3.56. The van der Waals surface area contributed by atoms with E-state index < -0.39 is 0 Å². The van der Waals surface area contributed by atoms with Crippen molar-refractivity contribution in [1.29, 1.82) is 0 Å². The van der Waals surface area contributed by atoms with Gasteiger partial charge in [-0.25, -0.2) is 0 Å². The zero-order chi connectivity index (χ0) is 12.0. The highest BCUT2D eigenvalue weighted by molar-refractivity contribution is 6.04. The van der Waals surface area contributed by atoms with Gasteiger partial charge in [0.1, 0.15) is 12.0 Å². The largest absolute Gasteiger partial charge is 0.468 e. The minimum absolute atomic E-state index is 0.0306. The Bertz CT molecular complexity index is 582. The van der Waals surface area contributed by atoms with Gasteiger partial charge in [0.05, 0.1) is 17.5 Å². The first-order valence-corrected chi connectivity index (χ1v) is 5.47. The highest BCUT2D eigenvalue weighted by Gasteiger charge is 2.30. The number of furan rings is 1. The molecule has 2 aromatic heterocycles. The highest BCUT2D eigenvalue weighted by atomic mass is 16.5. The van der Waals surface area contributed by atoms with Crippen molar-refractivity contribution in [2.24, 2.45) is 5.73 Å². The maximum atomic E-state index is 12.0. The molecular weight excluding hydrogens is 220 g/mol. The Morgan fingerprint density at radius 2 is 2.18 bits per heavy atom. The molecule has 2 N–H and O–H groups in total. The van der Waals surface area contributed by atoms with Crippen molar-refractivity contribution < 1.29 is 13.7 Å². The van der Waals surface area contributed by atoms with Gasteiger partial charge >= 0.3 is 0 Å². The van der Waals surface area contributed by atoms with Crippen LogP contribution in [0.25, 0.3) is 11.1 Å². The van der Waals surface area contributed by atoms with Crippen LogP contribution in [0.1, 0.15) is 28.2 Å². The van der Waals surface area contributed by atoms with Gasteiger partial charge in [0.2, 0.25) is 0 Å². The van der Waals surface area contributed by atoms with Gasteiger partial charge in [0.25, 0.3) is 0 Å². The number of fused-ring (bicyclic) bond motifs is 1. The van der Waals surface area contributed by atoms with Crippen LogP contribution in [0.3, 0.4) is 0 Å². The van der Waals surface area contributed by atoms with Crippen molar-refractivity contribution in [3.63, 3.8) is 0 Å². The number of aromatic nitrogens is 1. The van der Waals surface area contributed by atoms with Gasteiger partial charge in [-0.2, -0.15) is 0 Å².